The Morgan fingerprint density at radius 2 is 1.78 bits per heavy atom. The molecule has 27 heavy (non-hydrogen) atoms. The van der Waals surface area contributed by atoms with Gasteiger partial charge >= 0.3 is 5.69 Å². The number of anilines is 2. The van der Waals surface area contributed by atoms with Crippen LogP contribution in [0.15, 0.2) is 53.3 Å². The van der Waals surface area contributed by atoms with Gasteiger partial charge in [-0.3, -0.25) is 4.79 Å². The first-order valence-corrected chi connectivity index (χ1v) is 9.27. The van der Waals surface area contributed by atoms with E-state index in [0.717, 1.165) is 31.7 Å². The molecule has 2 aromatic carbocycles. The van der Waals surface area contributed by atoms with Crippen LogP contribution in [-0.4, -0.2) is 48.1 Å². The Morgan fingerprint density at radius 1 is 1.07 bits per heavy atom. The molecule has 1 atom stereocenters. The lowest BCUT2D eigenvalue weighted by Crippen LogP contribution is -3.19. The van der Waals surface area contributed by atoms with Gasteiger partial charge in [-0.05, 0) is 37.3 Å². The molecular weight excluding hydrogens is 342 g/mol. The number of quaternary nitrogens is 1. The van der Waals surface area contributed by atoms with Gasteiger partial charge in [-0.25, -0.2) is 4.79 Å². The minimum absolute atomic E-state index is 0.00427. The number of rotatable bonds is 4. The van der Waals surface area contributed by atoms with Crippen LogP contribution >= 0.6 is 0 Å². The zero-order valence-electron chi connectivity index (χ0n) is 15.3. The highest BCUT2D eigenvalue weighted by molar-refractivity contribution is 5.95. The zero-order chi connectivity index (χ0) is 18.8. The van der Waals surface area contributed by atoms with E-state index in [1.807, 2.05) is 13.0 Å². The van der Waals surface area contributed by atoms with E-state index in [1.165, 1.54) is 10.6 Å². The number of fused-ring (bicyclic) bond motifs is 1. The molecule has 0 bridgehead atoms. The number of carbonyl (C=O) groups is 1. The Kier molecular flexibility index (Phi) is 4.68. The lowest BCUT2D eigenvalue weighted by Gasteiger charge is -2.36. The first-order chi connectivity index (χ1) is 13.1. The summed E-state index contributed by atoms with van der Waals surface area (Å²) in [5.74, 6) is -0.00427. The number of para-hydroxylation sites is 1. The second-order valence-electron chi connectivity index (χ2n) is 7.03. The SMILES string of the molecule is C[C@@H](C(=O)Nc1ccc2[nH]c(=O)[nH]c2c1)[NH+]1CCN(c2ccccc2)CC1. The van der Waals surface area contributed by atoms with Crippen molar-refractivity contribution in [3.8, 4) is 0 Å². The fraction of sp³-hybridized carbons (Fsp3) is 0.300. The van der Waals surface area contributed by atoms with Gasteiger partial charge in [0.1, 0.15) is 0 Å². The highest BCUT2D eigenvalue weighted by Gasteiger charge is 2.29. The molecule has 140 valence electrons. The van der Waals surface area contributed by atoms with E-state index in [2.05, 4.69) is 44.5 Å². The maximum Gasteiger partial charge on any atom is 0.323 e. The topological polar surface area (TPSA) is 85.4 Å². The second kappa shape index (κ2) is 7.28. The van der Waals surface area contributed by atoms with Crippen LogP contribution in [0.2, 0.25) is 0 Å². The fourth-order valence-corrected chi connectivity index (χ4v) is 3.67. The Balaban J connectivity index is 1.37. The van der Waals surface area contributed by atoms with Gasteiger partial charge in [-0.1, -0.05) is 18.2 Å². The average molecular weight is 366 g/mol. The predicted octanol–water partition coefficient (Wildman–Crippen LogP) is 0.588. The minimum atomic E-state index is -0.248. The summed E-state index contributed by atoms with van der Waals surface area (Å²) in [6.45, 7) is 5.70. The molecule has 1 saturated heterocycles. The Labute approximate surface area is 157 Å². The molecule has 0 aliphatic carbocycles. The number of hydrogen-bond acceptors (Lipinski definition) is 3. The van der Waals surface area contributed by atoms with E-state index in [0.29, 0.717) is 11.2 Å². The number of nitrogens with zero attached hydrogens (tertiary/aromatic N) is 1. The van der Waals surface area contributed by atoms with E-state index in [4.69, 9.17) is 0 Å². The van der Waals surface area contributed by atoms with Crippen molar-refractivity contribution in [2.75, 3.05) is 36.4 Å². The Hall–Kier alpha value is -3.06. The number of nitrogens with one attached hydrogen (secondary N) is 4. The Bertz CT molecular complexity index is 986. The van der Waals surface area contributed by atoms with Gasteiger partial charge in [0, 0.05) is 11.4 Å². The number of aromatic amines is 2. The second-order valence-corrected chi connectivity index (χ2v) is 7.03. The van der Waals surface area contributed by atoms with Gasteiger partial charge < -0.3 is 25.1 Å². The molecule has 1 fully saturated rings. The van der Waals surface area contributed by atoms with Crippen LogP contribution in [0.5, 0.6) is 0 Å². The predicted molar refractivity (Wildman–Crippen MR) is 106 cm³/mol. The highest BCUT2D eigenvalue weighted by Crippen LogP contribution is 2.15. The molecule has 0 radical (unpaired) electrons. The van der Waals surface area contributed by atoms with Gasteiger partial charge in [0.05, 0.1) is 37.2 Å². The third kappa shape index (κ3) is 3.73. The van der Waals surface area contributed by atoms with Gasteiger partial charge in [0.2, 0.25) is 0 Å². The van der Waals surface area contributed by atoms with Crippen molar-refractivity contribution in [1.82, 2.24) is 9.97 Å². The molecule has 0 saturated carbocycles. The van der Waals surface area contributed by atoms with Crippen molar-refractivity contribution in [3.05, 3.63) is 59.0 Å². The Morgan fingerprint density at radius 3 is 2.52 bits per heavy atom. The normalized spacial score (nSPS) is 16.4. The number of benzene rings is 2. The van der Waals surface area contributed by atoms with E-state index < -0.39 is 0 Å². The number of carbonyl (C=O) groups excluding carboxylic acids is 1. The molecule has 0 unspecified atom stereocenters. The van der Waals surface area contributed by atoms with Crippen LogP contribution in [-0.2, 0) is 4.79 Å². The summed E-state index contributed by atoms with van der Waals surface area (Å²) in [4.78, 5) is 33.1. The van der Waals surface area contributed by atoms with E-state index >= 15 is 0 Å². The number of piperazine rings is 1. The fourth-order valence-electron chi connectivity index (χ4n) is 3.67. The molecule has 3 aromatic rings. The molecule has 1 amide bonds. The maximum absolute atomic E-state index is 12.7. The van der Waals surface area contributed by atoms with Crippen molar-refractivity contribution < 1.29 is 9.69 Å². The van der Waals surface area contributed by atoms with Gasteiger partial charge in [-0.15, -0.1) is 0 Å². The average Bonchev–Trinajstić information content (AvgIpc) is 3.07. The molecule has 7 heteroatoms. The van der Waals surface area contributed by atoms with Crippen LogP contribution in [0.4, 0.5) is 11.4 Å². The van der Waals surface area contributed by atoms with Crippen molar-refractivity contribution in [1.29, 1.82) is 0 Å². The first-order valence-electron chi connectivity index (χ1n) is 9.27. The van der Waals surface area contributed by atoms with Crippen molar-refractivity contribution >= 4 is 28.3 Å². The molecule has 0 spiro atoms. The van der Waals surface area contributed by atoms with Crippen LogP contribution in [0.3, 0.4) is 0 Å². The molecular formula is C20H24N5O2+. The summed E-state index contributed by atoms with van der Waals surface area (Å²) in [5.41, 5.74) is 3.10. The summed E-state index contributed by atoms with van der Waals surface area (Å²) >= 11 is 0. The lowest BCUT2D eigenvalue weighted by atomic mass is 10.2. The van der Waals surface area contributed by atoms with Crippen LogP contribution in [0.25, 0.3) is 11.0 Å². The van der Waals surface area contributed by atoms with E-state index in [9.17, 15) is 9.59 Å². The minimum Gasteiger partial charge on any atom is -0.360 e. The van der Waals surface area contributed by atoms with Gasteiger partial charge in [0.15, 0.2) is 6.04 Å². The zero-order valence-corrected chi connectivity index (χ0v) is 15.3. The number of hydrogen-bond donors (Lipinski definition) is 4. The summed E-state index contributed by atoms with van der Waals surface area (Å²) < 4.78 is 0. The molecule has 7 nitrogen and oxygen atoms in total. The lowest BCUT2D eigenvalue weighted by molar-refractivity contribution is -0.914. The smallest absolute Gasteiger partial charge is 0.323 e. The summed E-state index contributed by atoms with van der Waals surface area (Å²) in [6.07, 6.45) is 0. The third-order valence-corrected chi connectivity index (χ3v) is 5.32. The molecule has 1 aliphatic rings. The number of aromatic nitrogens is 2. The van der Waals surface area contributed by atoms with Gasteiger partial charge in [-0.2, -0.15) is 0 Å². The third-order valence-electron chi connectivity index (χ3n) is 5.32. The van der Waals surface area contributed by atoms with Crippen molar-refractivity contribution in [3.63, 3.8) is 0 Å². The van der Waals surface area contributed by atoms with Gasteiger partial charge in [0.25, 0.3) is 5.91 Å². The quantitative estimate of drug-likeness (QED) is 0.545. The largest absolute Gasteiger partial charge is 0.360 e. The summed E-state index contributed by atoms with van der Waals surface area (Å²) in [6, 6.07) is 15.6. The maximum atomic E-state index is 12.7. The first kappa shape index (κ1) is 17.4. The number of imidazole rings is 1. The number of amides is 1. The summed E-state index contributed by atoms with van der Waals surface area (Å²) in [7, 11) is 0. The van der Waals surface area contributed by atoms with E-state index in [1.54, 1.807) is 18.2 Å². The van der Waals surface area contributed by atoms with Crippen LogP contribution in [0.1, 0.15) is 6.92 Å². The van der Waals surface area contributed by atoms with Crippen molar-refractivity contribution in [2.45, 2.75) is 13.0 Å². The molecule has 1 aliphatic heterocycles. The summed E-state index contributed by atoms with van der Waals surface area (Å²) in [5, 5.41) is 2.97. The van der Waals surface area contributed by atoms with Crippen LogP contribution < -0.4 is 20.8 Å². The van der Waals surface area contributed by atoms with E-state index in [-0.39, 0.29) is 17.6 Å². The number of H-pyrrole nitrogens is 2. The molecule has 4 rings (SSSR count). The molecule has 1 aromatic heterocycles. The standard InChI is InChI=1S/C20H23N5O2/c1-14(24-9-11-25(12-10-24)16-5-3-2-4-6-16)19(26)21-15-7-8-17-18(13-15)23-20(27)22-17/h2-8,13-14H,9-12H2,1H3,(H,21,26)(H2,22,23,27)/p+1/t14-/m0/s1. The highest BCUT2D eigenvalue weighted by atomic mass is 16.2. The van der Waals surface area contributed by atoms with Crippen LogP contribution in [0, 0.1) is 0 Å². The van der Waals surface area contributed by atoms with Crippen molar-refractivity contribution in [2.24, 2.45) is 0 Å². The monoisotopic (exact) mass is 366 g/mol. The molecule has 2 heterocycles. The molecule has 4 N–H and O–H groups in total.